The van der Waals surface area contributed by atoms with Crippen molar-refractivity contribution in [2.45, 2.75) is 19.2 Å². The summed E-state index contributed by atoms with van der Waals surface area (Å²) in [6.07, 6.45) is -2.91. The summed E-state index contributed by atoms with van der Waals surface area (Å²) >= 11 is 5.51. The fraction of sp³-hybridized carbons (Fsp3) is 0.400. The number of rotatable bonds is 4. The van der Waals surface area contributed by atoms with Gasteiger partial charge in [-0.15, -0.1) is 11.6 Å². The lowest BCUT2D eigenvalue weighted by Gasteiger charge is -2.10. The zero-order valence-corrected chi connectivity index (χ0v) is 9.68. The van der Waals surface area contributed by atoms with Crippen LogP contribution >= 0.6 is 11.6 Å². The topological polar surface area (TPSA) is 59.2 Å². The van der Waals surface area contributed by atoms with Crippen LogP contribution in [0, 0.1) is 0 Å². The van der Waals surface area contributed by atoms with E-state index < -0.39 is 23.6 Å². The van der Waals surface area contributed by atoms with Crippen LogP contribution in [0.2, 0.25) is 0 Å². The van der Waals surface area contributed by atoms with Gasteiger partial charge in [-0.1, -0.05) is 0 Å². The van der Waals surface area contributed by atoms with Crippen LogP contribution in [-0.2, 0) is 10.6 Å². The van der Waals surface area contributed by atoms with Crippen LogP contribution in [0.4, 0.5) is 8.78 Å². The van der Waals surface area contributed by atoms with Gasteiger partial charge >= 0.3 is 5.97 Å². The number of pyridine rings is 1. The van der Waals surface area contributed by atoms with E-state index >= 15 is 0 Å². The molecular formula is C10H10ClF2NO3. The predicted octanol–water partition coefficient (Wildman–Crippen LogP) is 2.23. The second-order valence-electron chi connectivity index (χ2n) is 3.09. The lowest BCUT2D eigenvalue weighted by molar-refractivity contribution is 0.0524. The molecule has 0 aromatic carbocycles. The maximum atomic E-state index is 12.6. The third-order valence-corrected chi connectivity index (χ3v) is 2.30. The van der Waals surface area contributed by atoms with Crippen molar-refractivity contribution in [3.63, 3.8) is 0 Å². The van der Waals surface area contributed by atoms with Crippen molar-refractivity contribution in [3.8, 4) is 0 Å². The summed E-state index contributed by atoms with van der Waals surface area (Å²) in [5.41, 5.74) is -1.77. The van der Waals surface area contributed by atoms with Crippen molar-refractivity contribution in [2.75, 3.05) is 6.61 Å². The van der Waals surface area contributed by atoms with Gasteiger partial charge in [0.1, 0.15) is 0 Å². The molecule has 0 spiro atoms. The summed E-state index contributed by atoms with van der Waals surface area (Å²) < 4.78 is 30.0. The van der Waals surface area contributed by atoms with E-state index in [1.807, 2.05) is 4.98 Å². The first-order valence-electron chi connectivity index (χ1n) is 4.78. The lowest BCUT2D eigenvalue weighted by Crippen LogP contribution is -2.18. The van der Waals surface area contributed by atoms with Gasteiger partial charge in [-0.25, -0.2) is 13.6 Å². The minimum atomic E-state index is -2.91. The van der Waals surface area contributed by atoms with Crippen LogP contribution in [0.5, 0.6) is 0 Å². The summed E-state index contributed by atoms with van der Waals surface area (Å²) in [6, 6.07) is 0.904. The smallest absolute Gasteiger partial charge is 0.338 e. The molecule has 1 aromatic heterocycles. The first kappa shape index (κ1) is 13.6. The molecule has 0 atom stereocenters. The largest absolute Gasteiger partial charge is 0.462 e. The molecule has 0 aliphatic heterocycles. The average Bonchev–Trinajstić information content (AvgIpc) is 2.28. The van der Waals surface area contributed by atoms with Crippen molar-refractivity contribution >= 4 is 17.6 Å². The standard InChI is InChI=1S/C10H10ClF2NO3/c1-2-17-10(16)5-3-7(15)14-8(9(12)13)6(5)4-11/h3,9H,2,4H2,1H3,(H,14,15). The third kappa shape index (κ3) is 3.03. The van der Waals surface area contributed by atoms with E-state index in [1.54, 1.807) is 6.92 Å². The number of alkyl halides is 3. The van der Waals surface area contributed by atoms with E-state index in [0.29, 0.717) is 0 Å². The monoisotopic (exact) mass is 265 g/mol. The average molecular weight is 266 g/mol. The van der Waals surface area contributed by atoms with Crippen molar-refractivity contribution in [3.05, 3.63) is 33.2 Å². The van der Waals surface area contributed by atoms with E-state index in [9.17, 15) is 18.4 Å². The van der Waals surface area contributed by atoms with E-state index in [1.165, 1.54) is 0 Å². The Labute approximate surface area is 101 Å². The summed E-state index contributed by atoms with van der Waals surface area (Å²) in [5.74, 6) is -1.15. The molecule has 0 saturated carbocycles. The van der Waals surface area contributed by atoms with Crippen molar-refractivity contribution in [1.29, 1.82) is 0 Å². The van der Waals surface area contributed by atoms with Crippen LogP contribution < -0.4 is 5.56 Å². The number of nitrogens with one attached hydrogen (secondary N) is 1. The normalized spacial score (nSPS) is 10.6. The van der Waals surface area contributed by atoms with Gasteiger partial charge in [0.2, 0.25) is 5.56 Å². The zero-order valence-electron chi connectivity index (χ0n) is 8.93. The summed E-state index contributed by atoms with van der Waals surface area (Å²) in [5, 5.41) is 0. The molecule has 0 fully saturated rings. The summed E-state index contributed by atoms with van der Waals surface area (Å²) in [7, 11) is 0. The number of carbonyl (C=O) groups excluding carboxylic acids is 1. The molecule has 7 heteroatoms. The van der Waals surface area contributed by atoms with Gasteiger partial charge in [0.15, 0.2) is 0 Å². The fourth-order valence-electron chi connectivity index (χ4n) is 1.33. The van der Waals surface area contributed by atoms with Gasteiger partial charge in [0.25, 0.3) is 6.43 Å². The molecule has 17 heavy (non-hydrogen) atoms. The number of aromatic amines is 1. The SMILES string of the molecule is CCOC(=O)c1cc(=O)[nH]c(C(F)F)c1CCl. The minimum Gasteiger partial charge on any atom is -0.462 e. The van der Waals surface area contributed by atoms with Crippen molar-refractivity contribution in [1.82, 2.24) is 4.98 Å². The molecular weight excluding hydrogens is 256 g/mol. The highest BCUT2D eigenvalue weighted by molar-refractivity contribution is 6.17. The second-order valence-corrected chi connectivity index (χ2v) is 3.36. The highest BCUT2D eigenvalue weighted by atomic mass is 35.5. The fourth-order valence-corrected chi connectivity index (χ4v) is 1.62. The maximum absolute atomic E-state index is 12.6. The number of hydrogen-bond donors (Lipinski definition) is 1. The third-order valence-electron chi connectivity index (χ3n) is 2.03. The van der Waals surface area contributed by atoms with Gasteiger partial charge in [-0.3, -0.25) is 4.79 Å². The highest BCUT2D eigenvalue weighted by Crippen LogP contribution is 2.24. The van der Waals surface area contributed by atoms with Crippen LogP contribution in [0.15, 0.2) is 10.9 Å². The summed E-state index contributed by atoms with van der Waals surface area (Å²) in [6.45, 7) is 1.65. The zero-order chi connectivity index (χ0) is 13.0. The number of esters is 1. The van der Waals surface area contributed by atoms with Gasteiger partial charge in [-0.05, 0) is 6.92 Å². The molecule has 0 aliphatic rings. The number of hydrogen-bond acceptors (Lipinski definition) is 3. The Morgan fingerprint density at radius 1 is 1.59 bits per heavy atom. The first-order valence-corrected chi connectivity index (χ1v) is 5.32. The Hall–Kier alpha value is -1.43. The second kappa shape index (κ2) is 5.77. The van der Waals surface area contributed by atoms with E-state index in [0.717, 1.165) is 6.07 Å². The molecule has 0 unspecified atom stereocenters. The number of ether oxygens (including phenoxy) is 1. The van der Waals surface area contributed by atoms with Gasteiger partial charge in [-0.2, -0.15) is 0 Å². The van der Waals surface area contributed by atoms with Crippen LogP contribution in [0.1, 0.15) is 35.0 Å². The molecule has 0 saturated heterocycles. The Morgan fingerprint density at radius 3 is 2.71 bits per heavy atom. The maximum Gasteiger partial charge on any atom is 0.338 e. The molecule has 1 N–H and O–H groups in total. The molecule has 0 bridgehead atoms. The molecule has 0 radical (unpaired) electrons. The quantitative estimate of drug-likeness (QED) is 0.671. The van der Waals surface area contributed by atoms with Crippen LogP contribution in [-0.4, -0.2) is 17.6 Å². The van der Waals surface area contributed by atoms with Crippen LogP contribution in [0.3, 0.4) is 0 Å². The van der Waals surface area contributed by atoms with Gasteiger partial charge in [0, 0.05) is 11.6 Å². The highest BCUT2D eigenvalue weighted by Gasteiger charge is 2.21. The predicted molar refractivity (Wildman–Crippen MR) is 57.5 cm³/mol. The van der Waals surface area contributed by atoms with Crippen molar-refractivity contribution < 1.29 is 18.3 Å². The van der Waals surface area contributed by atoms with E-state index in [-0.39, 0.29) is 23.6 Å². The van der Waals surface area contributed by atoms with Crippen molar-refractivity contribution in [2.24, 2.45) is 0 Å². The number of aromatic nitrogens is 1. The lowest BCUT2D eigenvalue weighted by atomic mass is 10.1. The molecule has 0 amide bonds. The molecule has 1 heterocycles. The summed E-state index contributed by atoms with van der Waals surface area (Å²) in [4.78, 5) is 24.6. The van der Waals surface area contributed by atoms with E-state index in [2.05, 4.69) is 4.74 Å². The number of halogens is 3. The Morgan fingerprint density at radius 2 is 2.24 bits per heavy atom. The number of H-pyrrole nitrogens is 1. The molecule has 1 rings (SSSR count). The number of carbonyl (C=O) groups is 1. The first-order chi connectivity index (χ1) is 8.01. The van der Waals surface area contributed by atoms with Crippen LogP contribution in [0.25, 0.3) is 0 Å². The van der Waals surface area contributed by atoms with Gasteiger partial charge in [0.05, 0.1) is 23.7 Å². The Bertz CT molecular complexity index is 473. The minimum absolute atomic E-state index is 0.0807. The molecule has 4 nitrogen and oxygen atoms in total. The molecule has 0 aliphatic carbocycles. The van der Waals surface area contributed by atoms with E-state index in [4.69, 9.17) is 11.6 Å². The van der Waals surface area contributed by atoms with Gasteiger partial charge < -0.3 is 9.72 Å². The Balaban J connectivity index is 3.38. The molecule has 94 valence electrons. The molecule has 1 aromatic rings. The Kier molecular flexibility index (Phi) is 4.62.